The summed E-state index contributed by atoms with van der Waals surface area (Å²) < 4.78 is 13.5. The summed E-state index contributed by atoms with van der Waals surface area (Å²) in [6, 6.07) is -0.247. The van der Waals surface area contributed by atoms with Gasteiger partial charge in [-0.3, -0.25) is 14.5 Å². The molecule has 2 N–H and O–H groups in total. The van der Waals surface area contributed by atoms with Crippen molar-refractivity contribution < 1.29 is 23.5 Å². The summed E-state index contributed by atoms with van der Waals surface area (Å²) in [5, 5.41) is 6.61. The lowest BCUT2D eigenvalue weighted by Gasteiger charge is -2.61. The third-order valence-electron chi connectivity index (χ3n) is 11.8. The molecule has 6 heterocycles. The van der Waals surface area contributed by atoms with E-state index in [-0.39, 0.29) is 41.1 Å². The minimum absolute atomic E-state index is 0.0411. The Morgan fingerprint density at radius 3 is 2.58 bits per heavy atom. The number of ether oxygens (including phenoxy) is 1. The first-order chi connectivity index (χ1) is 17.9. The summed E-state index contributed by atoms with van der Waals surface area (Å²) in [6.07, 6.45) is 10.1. The summed E-state index contributed by atoms with van der Waals surface area (Å²) in [6.45, 7) is 11.1. The van der Waals surface area contributed by atoms with Crippen LogP contribution in [0.1, 0.15) is 85.0 Å². The number of piperidine rings is 1. The summed E-state index contributed by atoms with van der Waals surface area (Å²) in [4.78, 5) is 45.0. The van der Waals surface area contributed by atoms with Crippen LogP contribution in [0.4, 0.5) is 4.79 Å². The Labute approximate surface area is 226 Å². The van der Waals surface area contributed by atoms with E-state index in [9.17, 15) is 9.59 Å². The number of nitrogens with one attached hydrogen (secondary N) is 2. The van der Waals surface area contributed by atoms with E-state index in [4.69, 9.17) is 9.16 Å². The molecule has 7 atom stereocenters. The number of hydrogen-bond acceptors (Lipinski definition) is 5. The molecule has 6 aliphatic heterocycles. The molecular weight excluding hydrogens is 498 g/mol. The van der Waals surface area contributed by atoms with Crippen LogP contribution in [0.3, 0.4) is 0 Å². The number of carbonyl (C=O) groups excluding carboxylic acids is 3. The van der Waals surface area contributed by atoms with Crippen molar-refractivity contribution in [1.82, 2.24) is 15.5 Å². The van der Waals surface area contributed by atoms with Gasteiger partial charge in [-0.15, -0.1) is 0 Å². The van der Waals surface area contributed by atoms with E-state index >= 15 is 4.79 Å². The first-order valence-corrected chi connectivity index (χ1v) is 17.8. The van der Waals surface area contributed by atoms with Crippen molar-refractivity contribution in [2.45, 2.75) is 139 Å². The molecule has 10 rings (SSSR count). The zero-order valence-electron chi connectivity index (χ0n) is 23.5. The van der Waals surface area contributed by atoms with Crippen LogP contribution in [-0.4, -0.2) is 66.5 Å². The Hall–Kier alpha value is -1.71. The maximum atomic E-state index is 15.1. The van der Waals surface area contributed by atoms with Gasteiger partial charge in [0.15, 0.2) is 8.32 Å². The predicted octanol–water partition coefficient (Wildman–Crippen LogP) is 4.16. The van der Waals surface area contributed by atoms with Crippen LogP contribution in [0.2, 0.25) is 18.1 Å². The van der Waals surface area contributed by atoms with E-state index in [1.807, 2.05) is 0 Å². The van der Waals surface area contributed by atoms with Gasteiger partial charge >= 0.3 is 6.03 Å². The quantitative estimate of drug-likeness (QED) is 0.318. The van der Waals surface area contributed by atoms with Gasteiger partial charge in [-0.05, 0) is 68.7 Å². The molecule has 10 aliphatic rings. The van der Waals surface area contributed by atoms with Gasteiger partial charge < -0.3 is 19.8 Å². The summed E-state index contributed by atoms with van der Waals surface area (Å²) in [5.41, 5.74) is -1.88. The highest BCUT2D eigenvalue weighted by Crippen LogP contribution is 2.69. The van der Waals surface area contributed by atoms with Gasteiger partial charge in [0.25, 0.3) is 0 Å². The van der Waals surface area contributed by atoms with Gasteiger partial charge in [-0.2, -0.15) is 0 Å². The fraction of sp³-hybridized carbons (Fsp3) is 0.828. The summed E-state index contributed by atoms with van der Waals surface area (Å²) in [7, 11) is -2.28. The molecule has 7 fully saturated rings. The number of epoxide rings is 1. The minimum atomic E-state index is -2.28. The Balaban J connectivity index is 1.40. The number of carbonyl (C=O) groups is 3. The highest BCUT2D eigenvalue weighted by atomic mass is 28.4. The van der Waals surface area contributed by atoms with Gasteiger partial charge in [0.1, 0.15) is 17.6 Å². The SMILES string of the molecule is CC(C)(C)[Si](C)(C)O[C@H]1CC[C@@]23NC(=O)[C@@H]([C@H]4O[C@H]42)[C@@]24CCCC2=C[C@@]13C(=O)N4C(=O)NC1CCCCC1. The van der Waals surface area contributed by atoms with Crippen LogP contribution in [0.25, 0.3) is 0 Å². The Kier molecular flexibility index (Phi) is 5.14. The van der Waals surface area contributed by atoms with Gasteiger partial charge in [-0.25, -0.2) is 4.79 Å². The van der Waals surface area contributed by atoms with E-state index in [0.717, 1.165) is 44.1 Å². The first kappa shape index (κ1) is 25.3. The Morgan fingerprint density at radius 1 is 1.13 bits per heavy atom. The molecule has 0 radical (unpaired) electrons. The molecule has 208 valence electrons. The highest BCUT2D eigenvalue weighted by Gasteiger charge is 2.85. The van der Waals surface area contributed by atoms with Crippen molar-refractivity contribution in [3.05, 3.63) is 11.6 Å². The third kappa shape index (κ3) is 2.91. The molecule has 0 aromatic heterocycles. The van der Waals surface area contributed by atoms with Crippen LogP contribution in [-0.2, 0) is 18.8 Å². The van der Waals surface area contributed by atoms with Crippen molar-refractivity contribution >= 4 is 26.2 Å². The number of amides is 4. The highest BCUT2D eigenvalue weighted by molar-refractivity contribution is 6.74. The fourth-order valence-electron chi connectivity index (χ4n) is 8.97. The summed E-state index contributed by atoms with van der Waals surface area (Å²) >= 11 is 0. The molecule has 4 amide bonds. The first-order valence-electron chi connectivity index (χ1n) is 14.9. The molecule has 3 spiro atoms. The van der Waals surface area contributed by atoms with Gasteiger partial charge in [0, 0.05) is 6.04 Å². The average molecular weight is 542 g/mol. The zero-order chi connectivity index (χ0) is 26.9. The monoisotopic (exact) mass is 541 g/mol. The van der Waals surface area contributed by atoms with Crippen LogP contribution >= 0.6 is 0 Å². The molecule has 8 nitrogen and oxygen atoms in total. The maximum absolute atomic E-state index is 15.1. The fourth-order valence-corrected chi connectivity index (χ4v) is 10.3. The number of hydrogen-bond donors (Lipinski definition) is 2. The molecule has 0 unspecified atom stereocenters. The second-order valence-electron chi connectivity index (χ2n) is 14.6. The standard InChI is InChI=1S/C29H43N3O5Si/c1-26(2,3)38(4,5)37-19-13-15-29-22-21(36-22)20(23(33)31-29)28-14-9-10-17(28)16-27(19,29)24(34)32(28)25(35)30-18-11-7-6-8-12-18/h16,18-22H,6-15H2,1-5H3,(H,30,35)(H,31,33)/t19-,20+,21+,22+,27-,28+,29+/m0/s1. The number of urea groups is 1. The van der Waals surface area contributed by atoms with E-state index in [1.165, 1.54) is 6.42 Å². The lowest BCUT2D eigenvalue weighted by molar-refractivity contribution is -0.163. The molecule has 3 saturated carbocycles. The van der Waals surface area contributed by atoms with Gasteiger partial charge in [0.05, 0.1) is 23.1 Å². The topological polar surface area (TPSA) is 100 Å². The predicted molar refractivity (Wildman–Crippen MR) is 144 cm³/mol. The third-order valence-corrected chi connectivity index (χ3v) is 16.3. The number of rotatable bonds is 3. The van der Waals surface area contributed by atoms with Crippen LogP contribution in [0.15, 0.2) is 11.6 Å². The molecule has 4 aliphatic carbocycles. The smallest absolute Gasteiger partial charge is 0.325 e. The maximum Gasteiger partial charge on any atom is 0.325 e. The molecule has 0 aromatic carbocycles. The van der Waals surface area contributed by atoms with E-state index in [0.29, 0.717) is 19.3 Å². The second kappa shape index (κ2) is 7.72. The molecular formula is C29H43N3O5Si. The number of imide groups is 1. The molecule has 9 heteroatoms. The van der Waals surface area contributed by atoms with Crippen LogP contribution in [0, 0.1) is 11.3 Å². The zero-order valence-corrected chi connectivity index (χ0v) is 24.5. The Morgan fingerprint density at radius 2 is 1.87 bits per heavy atom. The number of nitrogens with zero attached hydrogens (tertiary/aromatic N) is 1. The van der Waals surface area contributed by atoms with Crippen LogP contribution < -0.4 is 10.6 Å². The second-order valence-corrected chi connectivity index (χ2v) is 19.4. The van der Waals surface area contributed by atoms with Crippen LogP contribution in [0.5, 0.6) is 0 Å². The minimum Gasteiger partial charge on any atom is -0.412 e. The van der Waals surface area contributed by atoms with E-state index in [2.05, 4.69) is 50.6 Å². The molecule has 0 aromatic rings. The largest absolute Gasteiger partial charge is 0.412 e. The molecule has 4 bridgehead atoms. The molecule has 38 heavy (non-hydrogen) atoms. The lowest BCUT2D eigenvalue weighted by atomic mass is 9.54. The van der Waals surface area contributed by atoms with E-state index < -0.39 is 36.8 Å². The molecule has 4 saturated heterocycles. The normalized spacial score (nSPS) is 43.6. The average Bonchev–Trinajstić information content (AvgIpc) is 3.44. The lowest BCUT2D eigenvalue weighted by Crippen LogP contribution is -2.82. The van der Waals surface area contributed by atoms with Gasteiger partial charge in [0.2, 0.25) is 11.8 Å². The Bertz CT molecular complexity index is 1140. The van der Waals surface area contributed by atoms with Crippen molar-refractivity contribution in [1.29, 1.82) is 0 Å². The van der Waals surface area contributed by atoms with Crippen molar-refractivity contribution in [2.24, 2.45) is 11.3 Å². The van der Waals surface area contributed by atoms with Crippen molar-refractivity contribution in [3.8, 4) is 0 Å². The van der Waals surface area contributed by atoms with Crippen molar-refractivity contribution in [3.63, 3.8) is 0 Å². The van der Waals surface area contributed by atoms with Gasteiger partial charge in [-0.1, -0.05) is 46.1 Å². The van der Waals surface area contributed by atoms with Crippen molar-refractivity contribution in [2.75, 3.05) is 0 Å². The summed E-state index contributed by atoms with van der Waals surface area (Å²) in [5.74, 6) is -0.792. The van der Waals surface area contributed by atoms with E-state index in [1.54, 1.807) is 4.90 Å².